The summed E-state index contributed by atoms with van der Waals surface area (Å²) in [5, 5.41) is 0.516. The maximum atomic E-state index is 14.0. The van der Waals surface area contributed by atoms with Gasteiger partial charge in [-0.15, -0.1) is 0 Å². The van der Waals surface area contributed by atoms with Crippen LogP contribution in [0.5, 0.6) is 11.5 Å². The Morgan fingerprint density at radius 3 is 2.41 bits per heavy atom. The maximum Gasteiger partial charge on any atom is 0.240 e. The minimum atomic E-state index is -0.843. The lowest BCUT2D eigenvalue weighted by atomic mass is 9.83. The van der Waals surface area contributed by atoms with Crippen molar-refractivity contribution in [1.29, 1.82) is 0 Å². The molecular weight excluding hydrogens is 492 g/mol. The minimum absolute atomic E-state index is 0.219. The lowest BCUT2D eigenvalue weighted by molar-refractivity contribution is -0.123. The number of nitrogens with zero attached hydrogens (tertiary/aromatic N) is 2. The zero-order chi connectivity index (χ0) is 25.3. The molecule has 2 fully saturated rings. The SMILES string of the molecule is O=C(c1ccc(Cl)cc1)C1C2C(=O)N(c3ccc4c(c3)OCCO4)C(=O)C2C2c3ccccc3C=CN12. The van der Waals surface area contributed by atoms with Gasteiger partial charge in [-0.05, 0) is 53.6 Å². The molecule has 3 aromatic carbocycles. The molecule has 0 aliphatic carbocycles. The van der Waals surface area contributed by atoms with Crippen LogP contribution >= 0.6 is 11.6 Å². The third kappa shape index (κ3) is 3.23. The highest BCUT2D eigenvalue weighted by atomic mass is 35.5. The Labute approximate surface area is 217 Å². The lowest BCUT2D eigenvalue weighted by Gasteiger charge is -2.35. The Morgan fingerprint density at radius 1 is 0.865 bits per heavy atom. The van der Waals surface area contributed by atoms with Gasteiger partial charge in [0.1, 0.15) is 19.3 Å². The molecule has 7 nitrogen and oxygen atoms in total. The first-order valence-electron chi connectivity index (χ1n) is 12.1. The number of carbonyl (C=O) groups excluding carboxylic acids is 3. The van der Waals surface area contributed by atoms with Gasteiger partial charge in [0.15, 0.2) is 17.3 Å². The molecule has 4 heterocycles. The number of hydrogen-bond donors (Lipinski definition) is 0. The molecule has 0 bridgehead atoms. The molecule has 37 heavy (non-hydrogen) atoms. The quantitative estimate of drug-likeness (QED) is 0.380. The number of rotatable bonds is 3. The minimum Gasteiger partial charge on any atom is -0.486 e. The number of carbonyl (C=O) groups is 3. The third-order valence-electron chi connectivity index (χ3n) is 7.64. The van der Waals surface area contributed by atoms with Gasteiger partial charge in [0, 0.05) is 22.9 Å². The zero-order valence-corrected chi connectivity index (χ0v) is 20.3. The zero-order valence-electron chi connectivity index (χ0n) is 19.5. The van der Waals surface area contributed by atoms with E-state index in [2.05, 4.69) is 0 Å². The molecule has 3 aromatic rings. The molecule has 8 heteroatoms. The molecule has 0 N–H and O–H groups in total. The van der Waals surface area contributed by atoms with Gasteiger partial charge in [-0.3, -0.25) is 14.4 Å². The van der Waals surface area contributed by atoms with Gasteiger partial charge >= 0.3 is 0 Å². The van der Waals surface area contributed by atoms with E-state index in [4.69, 9.17) is 21.1 Å². The van der Waals surface area contributed by atoms with E-state index in [-0.39, 0.29) is 17.6 Å². The molecule has 7 rings (SSSR count). The van der Waals surface area contributed by atoms with E-state index in [1.165, 1.54) is 4.90 Å². The van der Waals surface area contributed by atoms with Crippen molar-refractivity contribution in [2.24, 2.45) is 11.8 Å². The van der Waals surface area contributed by atoms with Crippen LogP contribution in [0.1, 0.15) is 27.5 Å². The van der Waals surface area contributed by atoms with Crippen LogP contribution in [0.4, 0.5) is 5.69 Å². The Balaban J connectivity index is 1.35. The van der Waals surface area contributed by atoms with Crippen LogP contribution in [0.2, 0.25) is 5.02 Å². The molecule has 4 aliphatic rings. The number of ketones is 1. The van der Waals surface area contributed by atoms with Crippen molar-refractivity contribution in [3.8, 4) is 11.5 Å². The van der Waals surface area contributed by atoms with Crippen molar-refractivity contribution in [3.05, 3.63) is 94.6 Å². The molecule has 0 aromatic heterocycles. The number of anilines is 1. The molecule has 4 atom stereocenters. The second-order valence-electron chi connectivity index (χ2n) is 9.54. The molecule has 0 saturated carbocycles. The largest absolute Gasteiger partial charge is 0.486 e. The number of hydrogen-bond acceptors (Lipinski definition) is 6. The van der Waals surface area contributed by atoms with Crippen LogP contribution in [-0.4, -0.2) is 41.8 Å². The van der Waals surface area contributed by atoms with E-state index in [9.17, 15) is 14.4 Å². The number of ether oxygens (including phenoxy) is 2. The van der Waals surface area contributed by atoms with Crippen molar-refractivity contribution < 1.29 is 23.9 Å². The monoisotopic (exact) mass is 512 g/mol. The van der Waals surface area contributed by atoms with Gasteiger partial charge in [-0.1, -0.05) is 35.9 Å². The number of benzene rings is 3. The smallest absolute Gasteiger partial charge is 0.240 e. The van der Waals surface area contributed by atoms with Gasteiger partial charge in [0.05, 0.1) is 23.6 Å². The number of fused-ring (bicyclic) bond motifs is 6. The van der Waals surface area contributed by atoms with E-state index in [0.717, 1.165) is 11.1 Å². The van der Waals surface area contributed by atoms with Crippen LogP contribution in [0.25, 0.3) is 6.08 Å². The fourth-order valence-corrected chi connectivity index (χ4v) is 6.19. The fourth-order valence-electron chi connectivity index (χ4n) is 6.07. The molecule has 0 radical (unpaired) electrons. The third-order valence-corrected chi connectivity index (χ3v) is 7.89. The van der Waals surface area contributed by atoms with Gasteiger partial charge < -0.3 is 14.4 Å². The first-order chi connectivity index (χ1) is 18.0. The Kier molecular flexibility index (Phi) is 4.91. The van der Waals surface area contributed by atoms with E-state index in [0.29, 0.717) is 41.0 Å². The lowest BCUT2D eigenvalue weighted by Crippen LogP contribution is -2.44. The summed E-state index contributed by atoms with van der Waals surface area (Å²) in [7, 11) is 0. The van der Waals surface area contributed by atoms with E-state index < -0.39 is 23.9 Å². The highest BCUT2D eigenvalue weighted by Gasteiger charge is 2.64. The molecule has 184 valence electrons. The standard InChI is InChI=1S/C29H21ClN2O5/c30-18-7-5-17(6-8-18)27(33)26-24-23(25-20-4-2-1-3-16(20)11-12-31(25)26)28(34)32(29(24)35)19-9-10-21-22(15-19)37-14-13-36-21/h1-12,15,23-26H,13-14H2. The second kappa shape index (κ2) is 8.21. The molecule has 2 amide bonds. The molecular formula is C29H21ClN2O5. The predicted molar refractivity (Wildman–Crippen MR) is 137 cm³/mol. The molecule has 0 spiro atoms. The van der Waals surface area contributed by atoms with E-state index >= 15 is 0 Å². The van der Waals surface area contributed by atoms with Crippen LogP contribution in [0.3, 0.4) is 0 Å². The van der Waals surface area contributed by atoms with Crippen molar-refractivity contribution >= 4 is 41.0 Å². The fraction of sp³-hybridized carbons (Fsp3) is 0.207. The van der Waals surface area contributed by atoms with Gasteiger partial charge in [-0.2, -0.15) is 0 Å². The van der Waals surface area contributed by atoms with Crippen molar-refractivity contribution in [2.75, 3.05) is 18.1 Å². The van der Waals surface area contributed by atoms with E-state index in [1.54, 1.807) is 42.5 Å². The summed E-state index contributed by atoms with van der Waals surface area (Å²) in [5.41, 5.74) is 2.76. The predicted octanol–water partition coefficient (Wildman–Crippen LogP) is 4.51. The van der Waals surface area contributed by atoms with Crippen molar-refractivity contribution in [3.63, 3.8) is 0 Å². The number of amides is 2. The number of Topliss-reactive ketones (excluding diaryl/α,β-unsaturated/α-hetero) is 1. The normalized spacial score (nSPS) is 25.1. The Hall–Kier alpha value is -4.10. The summed E-state index contributed by atoms with van der Waals surface area (Å²) < 4.78 is 11.3. The highest BCUT2D eigenvalue weighted by molar-refractivity contribution is 6.30. The first-order valence-corrected chi connectivity index (χ1v) is 12.5. The number of imide groups is 1. The molecule has 4 aliphatic heterocycles. The van der Waals surface area contributed by atoms with Crippen molar-refractivity contribution in [1.82, 2.24) is 4.90 Å². The summed E-state index contributed by atoms with van der Waals surface area (Å²) in [5.74, 6) is -1.43. The summed E-state index contributed by atoms with van der Waals surface area (Å²) in [4.78, 5) is 45.1. The second-order valence-corrected chi connectivity index (χ2v) is 9.98. The molecule has 4 unspecified atom stereocenters. The van der Waals surface area contributed by atoms with Gasteiger partial charge in [0.2, 0.25) is 11.8 Å². The van der Waals surface area contributed by atoms with E-state index in [1.807, 2.05) is 41.4 Å². The Bertz CT molecular complexity index is 1500. The average Bonchev–Trinajstić information content (AvgIpc) is 3.40. The van der Waals surface area contributed by atoms with Crippen LogP contribution in [0.15, 0.2) is 72.9 Å². The van der Waals surface area contributed by atoms with Gasteiger partial charge in [0.25, 0.3) is 0 Å². The Morgan fingerprint density at radius 2 is 1.59 bits per heavy atom. The van der Waals surface area contributed by atoms with Crippen molar-refractivity contribution in [2.45, 2.75) is 12.1 Å². The summed E-state index contributed by atoms with van der Waals surface area (Å²) >= 11 is 6.05. The highest BCUT2D eigenvalue weighted by Crippen LogP contribution is 2.54. The molecule has 2 saturated heterocycles. The summed E-state index contributed by atoms with van der Waals surface area (Å²) in [6, 6.07) is 18.2. The van der Waals surface area contributed by atoms with Crippen LogP contribution in [0, 0.1) is 11.8 Å². The summed E-state index contributed by atoms with van der Waals surface area (Å²) in [6.07, 6.45) is 3.78. The van der Waals surface area contributed by atoms with Crippen LogP contribution < -0.4 is 14.4 Å². The maximum absolute atomic E-state index is 14.0. The average molecular weight is 513 g/mol. The number of halogens is 1. The van der Waals surface area contributed by atoms with Crippen LogP contribution in [-0.2, 0) is 9.59 Å². The first kappa shape index (κ1) is 22.1. The summed E-state index contributed by atoms with van der Waals surface area (Å²) in [6.45, 7) is 0.832. The topological polar surface area (TPSA) is 76.1 Å². The van der Waals surface area contributed by atoms with Gasteiger partial charge in [-0.25, -0.2) is 4.90 Å².